The van der Waals surface area contributed by atoms with Crippen LogP contribution in [0.15, 0.2) is 24.3 Å². The lowest BCUT2D eigenvalue weighted by molar-refractivity contribution is -0.127. The summed E-state index contributed by atoms with van der Waals surface area (Å²) in [6, 6.07) is 7.41. The third kappa shape index (κ3) is 4.73. The molecule has 5 nitrogen and oxygen atoms in total. The molecule has 0 saturated heterocycles. The van der Waals surface area contributed by atoms with Crippen molar-refractivity contribution < 1.29 is 19.7 Å². The SMILES string of the molecule is Cc1cccc(OC(C)C(=O)NCC(O)CO)c1. The van der Waals surface area contributed by atoms with E-state index < -0.39 is 12.2 Å². The van der Waals surface area contributed by atoms with Gasteiger partial charge in [0, 0.05) is 6.54 Å². The van der Waals surface area contributed by atoms with Gasteiger partial charge in [-0.15, -0.1) is 0 Å². The van der Waals surface area contributed by atoms with Crippen LogP contribution in [0.2, 0.25) is 0 Å². The van der Waals surface area contributed by atoms with E-state index in [-0.39, 0.29) is 19.1 Å². The molecule has 0 aliphatic rings. The Labute approximate surface area is 106 Å². The van der Waals surface area contributed by atoms with E-state index in [4.69, 9.17) is 14.9 Å². The average molecular weight is 253 g/mol. The largest absolute Gasteiger partial charge is 0.481 e. The molecule has 2 unspecified atom stereocenters. The predicted molar refractivity (Wildman–Crippen MR) is 67.4 cm³/mol. The second-order valence-electron chi connectivity index (χ2n) is 4.16. The van der Waals surface area contributed by atoms with Crippen molar-refractivity contribution in [2.24, 2.45) is 0 Å². The van der Waals surface area contributed by atoms with Crippen molar-refractivity contribution in [2.75, 3.05) is 13.2 Å². The third-order valence-corrected chi connectivity index (χ3v) is 2.39. The maximum absolute atomic E-state index is 11.6. The molecular weight excluding hydrogens is 234 g/mol. The standard InChI is InChI=1S/C13H19NO4/c1-9-4-3-5-12(6-9)18-10(2)13(17)14-7-11(16)8-15/h3-6,10-11,15-16H,7-8H2,1-2H3,(H,14,17). The van der Waals surface area contributed by atoms with Crippen LogP contribution < -0.4 is 10.1 Å². The Balaban J connectivity index is 2.45. The van der Waals surface area contributed by atoms with Gasteiger partial charge in [0.2, 0.25) is 0 Å². The highest BCUT2D eigenvalue weighted by Gasteiger charge is 2.15. The molecule has 2 atom stereocenters. The highest BCUT2D eigenvalue weighted by Crippen LogP contribution is 2.14. The molecule has 1 rings (SSSR count). The number of rotatable bonds is 6. The highest BCUT2D eigenvalue weighted by atomic mass is 16.5. The van der Waals surface area contributed by atoms with E-state index >= 15 is 0 Å². The molecule has 3 N–H and O–H groups in total. The zero-order valence-corrected chi connectivity index (χ0v) is 10.6. The van der Waals surface area contributed by atoms with Crippen LogP contribution in [0, 0.1) is 6.92 Å². The van der Waals surface area contributed by atoms with Crippen molar-refractivity contribution in [3.05, 3.63) is 29.8 Å². The number of carbonyl (C=O) groups excluding carboxylic acids is 1. The second kappa shape index (κ2) is 6.98. The monoisotopic (exact) mass is 253 g/mol. The van der Waals surface area contributed by atoms with Crippen LogP contribution in [0.4, 0.5) is 0 Å². The third-order valence-electron chi connectivity index (χ3n) is 2.39. The zero-order chi connectivity index (χ0) is 13.5. The minimum Gasteiger partial charge on any atom is -0.481 e. The van der Waals surface area contributed by atoms with Gasteiger partial charge in [-0.05, 0) is 31.5 Å². The minimum atomic E-state index is -0.944. The number of aliphatic hydroxyl groups is 2. The summed E-state index contributed by atoms with van der Waals surface area (Å²) in [5, 5.41) is 20.2. The van der Waals surface area contributed by atoms with Gasteiger partial charge in [0.05, 0.1) is 12.7 Å². The van der Waals surface area contributed by atoms with Crippen molar-refractivity contribution in [1.29, 1.82) is 0 Å². The maximum Gasteiger partial charge on any atom is 0.260 e. The van der Waals surface area contributed by atoms with Crippen LogP contribution in [0.1, 0.15) is 12.5 Å². The van der Waals surface area contributed by atoms with Gasteiger partial charge in [-0.25, -0.2) is 0 Å². The summed E-state index contributed by atoms with van der Waals surface area (Å²) in [5.41, 5.74) is 1.05. The number of amides is 1. The minimum absolute atomic E-state index is 0.0108. The number of benzene rings is 1. The summed E-state index contributed by atoms with van der Waals surface area (Å²) in [7, 11) is 0. The number of carbonyl (C=O) groups is 1. The van der Waals surface area contributed by atoms with Gasteiger partial charge in [-0.2, -0.15) is 0 Å². The van der Waals surface area contributed by atoms with E-state index in [0.717, 1.165) is 5.56 Å². The Hall–Kier alpha value is -1.59. The van der Waals surface area contributed by atoms with Gasteiger partial charge < -0.3 is 20.3 Å². The first-order valence-electron chi connectivity index (χ1n) is 5.83. The molecule has 0 aliphatic carbocycles. The van der Waals surface area contributed by atoms with Crippen LogP contribution in [0.5, 0.6) is 5.75 Å². The summed E-state index contributed by atoms with van der Waals surface area (Å²) in [6.45, 7) is 3.20. The highest BCUT2D eigenvalue weighted by molar-refractivity contribution is 5.80. The van der Waals surface area contributed by atoms with Crippen molar-refractivity contribution >= 4 is 5.91 Å². The molecule has 0 heterocycles. The fourth-order valence-electron chi connectivity index (χ4n) is 1.37. The molecule has 1 amide bonds. The number of nitrogens with one attached hydrogen (secondary N) is 1. The molecule has 0 fully saturated rings. The smallest absolute Gasteiger partial charge is 0.260 e. The summed E-state index contributed by atoms with van der Waals surface area (Å²) in [6.07, 6.45) is -1.60. The molecule has 0 bridgehead atoms. The molecule has 18 heavy (non-hydrogen) atoms. The zero-order valence-electron chi connectivity index (χ0n) is 10.6. The van der Waals surface area contributed by atoms with Gasteiger partial charge in [-0.3, -0.25) is 4.79 Å². The van der Waals surface area contributed by atoms with Gasteiger partial charge >= 0.3 is 0 Å². The van der Waals surface area contributed by atoms with Crippen molar-refractivity contribution in [1.82, 2.24) is 5.32 Å². The predicted octanol–water partition coefficient (Wildman–Crippen LogP) is 0.232. The van der Waals surface area contributed by atoms with Crippen molar-refractivity contribution in [2.45, 2.75) is 26.1 Å². The van der Waals surface area contributed by atoms with E-state index in [1.807, 2.05) is 25.1 Å². The van der Waals surface area contributed by atoms with Crippen molar-refractivity contribution in [3.8, 4) is 5.75 Å². The van der Waals surface area contributed by atoms with E-state index in [1.165, 1.54) is 0 Å². The number of hydrogen-bond donors (Lipinski definition) is 3. The molecule has 1 aromatic rings. The molecule has 0 aromatic heterocycles. The molecule has 0 spiro atoms. The van der Waals surface area contributed by atoms with Gasteiger partial charge in [-0.1, -0.05) is 12.1 Å². The molecule has 0 saturated carbocycles. The van der Waals surface area contributed by atoms with Crippen LogP contribution in [-0.2, 0) is 4.79 Å². The first kappa shape index (κ1) is 14.5. The Morgan fingerprint density at radius 3 is 2.83 bits per heavy atom. The van der Waals surface area contributed by atoms with E-state index in [1.54, 1.807) is 13.0 Å². The molecule has 0 aliphatic heterocycles. The van der Waals surface area contributed by atoms with Crippen LogP contribution in [0.3, 0.4) is 0 Å². The van der Waals surface area contributed by atoms with E-state index in [2.05, 4.69) is 5.32 Å². The van der Waals surface area contributed by atoms with Gasteiger partial charge in [0.25, 0.3) is 5.91 Å². The Morgan fingerprint density at radius 1 is 1.50 bits per heavy atom. The van der Waals surface area contributed by atoms with Crippen LogP contribution in [-0.4, -0.2) is 41.5 Å². The Bertz CT molecular complexity index is 394. The first-order chi connectivity index (χ1) is 8.52. The second-order valence-corrected chi connectivity index (χ2v) is 4.16. The normalized spacial score (nSPS) is 13.8. The molecule has 100 valence electrons. The summed E-state index contributed by atoms with van der Waals surface area (Å²) >= 11 is 0. The van der Waals surface area contributed by atoms with Gasteiger partial charge in [0.1, 0.15) is 5.75 Å². The van der Waals surface area contributed by atoms with E-state index in [0.29, 0.717) is 5.75 Å². The van der Waals surface area contributed by atoms with Crippen LogP contribution in [0.25, 0.3) is 0 Å². The summed E-state index contributed by atoms with van der Waals surface area (Å²) in [4.78, 5) is 11.6. The number of hydrogen-bond acceptors (Lipinski definition) is 4. The Kier molecular flexibility index (Phi) is 5.61. The fourth-order valence-corrected chi connectivity index (χ4v) is 1.37. The summed E-state index contributed by atoms with van der Waals surface area (Å²) in [5.74, 6) is 0.296. The summed E-state index contributed by atoms with van der Waals surface area (Å²) < 4.78 is 5.47. The lowest BCUT2D eigenvalue weighted by atomic mass is 10.2. The maximum atomic E-state index is 11.6. The average Bonchev–Trinajstić information content (AvgIpc) is 2.35. The van der Waals surface area contributed by atoms with Crippen molar-refractivity contribution in [3.63, 3.8) is 0 Å². The quantitative estimate of drug-likeness (QED) is 0.678. The lowest BCUT2D eigenvalue weighted by Crippen LogP contribution is -2.41. The number of aliphatic hydroxyl groups excluding tert-OH is 2. The molecule has 1 aromatic carbocycles. The number of aryl methyl sites for hydroxylation is 1. The molecule has 5 heteroatoms. The first-order valence-corrected chi connectivity index (χ1v) is 5.83. The van der Waals surface area contributed by atoms with E-state index in [9.17, 15) is 4.79 Å². The fraction of sp³-hybridized carbons (Fsp3) is 0.462. The Morgan fingerprint density at radius 2 is 2.22 bits per heavy atom. The lowest BCUT2D eigenvalue weighted by Gasteiger charge is -2.16. The van der Waals surface area contributed by atoms with Crippen LogP contribution >= 0.6 is 0 Å². The van der Waals surface area contributed by atoms with Gasteiger partial charge in [0.15, 0.2) is 6.10 Å². The molecular formula is C13H19NO4. The molecule has 0 radical (unpaired) electrons. The number of ether oxygens (including phenoxy) is 1. The topological polar surface area (TPSA) is 78.8 Å².